The highest BCUT2D eigenvalue weighted by Crippen LogP contribution is 2.46. The lowest BCUT2D eigenvalue weighted by Gasteiger charge is -2.42. The van der Waals surface area contributed by atoms with Crippen molar-refractivity contribution in [2.75, 3.05) is 6.54 Å². The van der Waals surface area contributed by atoms with E-state index in [1.807, 2.05) is 0 Å². The minimum atomic E-state index is -0.0780. The van der Waals surface area contributed by atoms with E-state index >= 15 is 0 Å². The van der Waals surface area contributed by atoms with Gasteiger partial charge in [-0.1, -0.05) is 38.5 Å². The van der Waals surface area contributed by atoms with Gasteiger partial charge in [-0.2, -0.15) is 0 Å². The van der Waals surface area contributed by atoms with E-state index in [2.05, 4.69) is 0 Å². The Kier molecular flexibility index (Phi) is 5.23. The third-order valence-corrected chi connectivity index (χ3v) is 6.60. The minimum Gasteiger partial charge on any atom is -0.275 e. The molecule has 3 heteroatoms. The van der Waals surface area contributed by atoms with Gasteiger partial charge in [0.15, 0.2) is 0 Å². The molecule has 2 amide bonds. The summed E-state index contributed by atoms with van der Waals surface area (Å²) in [4.78, 5) is 25.4. The smallest absolute Gasteiger partial charge is 0.256 e. The molecule has 4 rings (SSSR count). The third-order valence-electron chi connectivity index (χ3n) is 6.60. The summed E-state index contributed by atoms with van der Waals surface area (Å²) in [7, 11) is 0. The zero-order valence-electron chi connectivity index (χ0n) is 14.8. The number of hydrogen-bond acceptors (Lipinski definition) is 2. The fourth-order valence-electron chi connectivity index (χ4n) is 4.92. The molecule has 2 bridgehead atoms. The van der Waals surface area contributed by atoms with E-state index in [4.69, 9.17) is 0 Å². The molecule has 1 aliphatic heterocycles. The Morgan fingerprint density at radius 2 is 1.48 bits per heavy atom. The summed E-state index contributed by atoms with van der Waals surface area (Å²) in [5, 5.41) is 0. The van der Waals surface area contributed by atoms with Crippen molar-refractivity contribution in [1.82, 2.24) is 4.90 Å². The van der Waals surface area contributed by atoms with Crippen LogP contribution in [-0.4, -0.2) is 23.3 Å². The summed E-state index contributed by atoms with van der Waals surface area (Å²) in [6.45, 7) is 4.11. The van der Waals surface area contributed by atoms with Gasteiger partial charge in [-0.25, -0.2) is 0 Å². The molecule has 1 unspecified atom stereocenters. The number of fused-ring (bicyclic) bond motifs is 3. The largest absolute Gasteiger partial charge is 0.275 e. The molecule has 0 aromatic carbocycles. The van der Waals surface area contributed by atoms with Crippen molar-refractivity contribution >= 4 is 11.8 Å². The molecule has 0 saturated heterocycles. The Bertz CT molecular complexity index is 476. The summed E-state index contributed by atoms with van der Waals surface area (Å²) in [5.74, 6) is 2.91. The SMILES string of the molecule is CC1=C(C)C(=O)N(CCCCCCC2CC3CCC2CC3)C1=O. The standard InChI is InChI=1S/C20H31NO2/c1-14-15(2)20(23)21(19(14)22)12-6-4-3-5-7-18-13-16-8-10-17(18)11-9-16/h16-18H,3-13H2,1-2H3. The molecular formula is C20H31NO2. The van der Waals surface area contributed by atoms with Crippen molar-refractivity contribution in [2.45, 2.75) is 78.1 Å². The Morgan fingerprint density at radius 1 is 0.870 bits per heavy atom. The average Bonchev–Trinajstić information content (AvgIpc) is 2.76. The summed E-state index contributed by atoms with van der Waals surface area (Å²) >= 11 is 0. The molecule has 3 saturated carbocycles. The maximum absolute atomic E-state index is 12.0. The maximum Gasteiger partial charge on any atom is 0.256 e. The second-order valence-corrected chi connectivity index (χ2v) is 7.99. The molecule has 3 aliphatic carbocycles. The van der Waals surface area contributed by atoms with Crippen molar-refractivity contribution < 1.29 is 9.59 Å². The Balaban J connectivity index is 1.29. The van der Waals surface area contributed by atoms with Crippen molar-refractivity contribution in [3.05, 3.63) is 11.1 Å². The van der Waals surface area contributed by atoms with Gasteiger partial charge in [0.2, 0.25) is 0 Å². The van der Waals surface area contributed by atoms with Crippen molar-refractivity contribution in [3.8, 4) is 0 Å². The minimum absolute atomic E-state index is 0.0780. The summed E-state index contributed by atoms with van der Waals surface area (Å²) < 4.78 is 0. The number of imide groups is 1. The quantitative estimate of drug-likeness (QED) is 0.513. The lowest BCUT2D eigenvalue weighted by Crippen LogP contribution is -2.32. The van der Waals surface area contributed by atoms with E-state index < -0.39 is 0 Å². The molecule has 0 spiro atoms. The molecule has 0 N–H and O–H groups in total. The molecule has 128 valence electrons. The number of rotatable bonds is 7. The van der Waals surface area contributed by atoms with E-state index in [0.29, 0.717) is 17.7 Å². The Labute approximate surface area is 140 Å². The van der Waals surface area contributed by atoms with E-state index in [9.17, 15) is 9.59 Å². The molecule has 0 aromatic rings. The van der Waals surface area contributed by atoms with Crippen LogP contribution < -0.4 is 0 Å². The highest BCUT2D eigenvalue weighted by Gasteiger charge is 2.35. The summed E-state index contributed by atoms with van der Waals surface area (Å²) in [6, 6.07) is 0. The third kappa shape index (κ3) is 3.54. The summed E-state index contributed by atoms with van der Waals surface area (Å²) in [5.41, 5.74) is 1.25. The zero-order chi connectivity index (χ0) is 16.4. The van der Waals surface area contributed by atoms with Gasteiger partial charge in [0.1, 0.15) is 0 Å². The monoisotopic (exact) mass is 317 g/mol. The van der Waals surface area contributed by atoms with E-state index in [1.54, 1.807) is 13.8 Å². The normalized spacial score (nSPS) is 30.7. The molecule has 1 atom stereocenters. The molecule has 0 radical (unpaired) electrons. The number of carbonyl (C=O) groups is 2. The predicted octanol–water partition coefficient (Wildman–Crippen LogP) is 4.47. The number of amides is 2. The van der Waals surface area contributed by atoms with Gasteiger partial charge >= 0.3 is 0 Å². The highest BCUT2D eigenvalue weighted by atomic mass is 16.2. The van der Waals surface area contributed by atoms with E-state index in [-0.39, 0.29) is 11.8 Å². The zero-order valence-corrected chi connectivity index (χ0v) is 14.8. The average molecular weight is 317 g/mol. The fraction of sp³-hybridized carbons (Fsp3) is 0.800. The van der Waals surface area contributed by atoms with Gasteiger partial charge in [-0.3, -0.25) is 14.5 Å². The van der Waals surface area contributed by atoms with E-state index in [0.717, 1.165) is 30.6 Å². The first-order valence-corrected chi connectivity index (χ1v) is 9.61. The topological polar surface area (TPSA) is 37.4 Å². The molecule has 1 heterocycles. The molecular weight excluding hydrogens is 286 g/mol. The first-order valence-electron chi connectivity index (χ1n) is 9.61. The van der Waals surface area contributed by atoms with Crippen LogP contribution in [0.15, 0.2) is 11.1 Å². The lowest BCUT2D eigenvalue weighted by molar-refractivity contribution is -0.137. The van der Waals surface area contributed by atoms with Crippen LogP contribution in [0.5, 0.6) is 0 Å². The molecule has 3 nitrogen and oxygen atoms in total. The molecule has 4 aliphatic rings. The van der Waals surface area contributed by atoms with Gasteiger partial charge in [-0.05, 0) is 57.3 Å². The summed E-state index contributed by atoms with van der Waals surface area (Å²) in [6.07, 6.45) is 13.5. The van der Waals surface area contributed by atoms with Crippen LogP contribution in [0.3, 0.4) is 0 Å². The van der Waals surface area contributed by atoms with Crippen LogP contribution in [0, 0.1) is 17.8 Å². The number of hydrogen-bond donors (Lipinski definition) is 0. The van der Waals surface area contributed by atoms with Crippen molar-refractivity contribution in [1.29, 1.82) is 0 Å². The highest BCUT2D eigenvalue weighted by molar-refractivity contribution is 6.18. The molecule has 0 aromatic heterocycles. The van der Waals surface area contributed by atoms with Crippen LogP contribution >= 0.6 is 0 Å². The van der Waals surface area contributed by atoms with E-state index in [1.165, 1.54) is 56.3 Å². The first kappa shape index (κ1) is 16.7. The predicted molar refractivity (Wildman–Crippen MR) is 91.7 cm³/mol. The van der Waals surface area contributed by atoms with Crippen molar-refractivity contribution in [3.63, 3.8) is 0 Å². The van der Waals surface area contributed by atoms with Crippen LogP contribution in [0.2, 0.25) is 0 Å². The molecule has 3 fully saturated rings. The maximum atomic E-state index is 12.0. The second-order valence-electron chi connectivity index (χ2n) is 7.99. The van der Waals surface area contributed by atoms with Gasteiger partial charge in [0.25, 0.3) is 11.8 Å². The Hall–Kier alpha value is -1.12. The van der Waals surface area contributed by atoms with Gasteiger partial charge in [0.05, 0.1) is 0 Å². The molecule has 23 heavy (non-hydrogen) atoms. The fourth-order valence-corrected chi connectivity index (χ4v) is 4.92. The van der Waals surface area contributed by atoms with Gasteiger partial charge < -0.3 is 0 Å². The van der Waals surface area contributed by atoms with Gasteiger partial charge in [-0.15, -0.1) is 0 Å². The van der Waals surface area contributed by atoms with Crippen LogP contribution in [-0.2, 0) is 9.59 Å². The number of carbonyl (C=O) groups excluding carboxylic acids is 2. The number of unbranched alkanes of at least 4 members (excludes halogenated alkanes) is 3. The van der Waals surface area contributed by atoms with Crippen LogP contribution in [0.25, 0.3) is 0 Å². The lowest BCUT2D eigenvalue weighted by atomic mass is 9.63. The van der Waals surface area contributed by atoms with Crippen LogP contribution in [0.4, 0.5) is 0 Å². The second kappa shape index (κ2) is 7.19. The first-order chi connectivity index (χ1) is 11.1. The number of nitrogens with zero attached hydrogens (tertiary/aromatic N) is 1. The van der Waals surface area contributed by atoms with Gasteiger partial charge in [0, 0.05) is 17.7 Å². The Morgan fingerprint density at radius 3 is 2.04 bits per heavy atom. The van der Waals surface area contributed by atoms with Crippen molar-refractivity contribution in [2.24, 2.45) is 17.8 Å². The van der Waals surface area contributed by atoms with Crippen LogP contribution in [0.1, 0.15) is 78.1 Å².